The van der Waals surface area contributed by atoms with Gasteiger partial charge in [-0.3, -0.25) is 0 Å². The van der Waals surface area contributed by atoms with Crippen molar-refractivity contribution in [1.29, 1.82) is 0 Å². The summed E-state index contributed by atoms with van der Waals surface area (Å²) in [6, 6.07) is 1.17. The molecule has 0 rings (SSSR count). The van der Waals surface area contributed by atoms with E-state index in [0.29, 0.717) is 0 Å². The Morgan fingerprint density at radius 2 is 0.846 bits per heavy atom. The highest BCUT2D eigenvalue weighted by Gasteiger charge is 2.07. The third-order valence-electron chi connectivity index (χ3n) is 5.37. The van der Waals surface area contributed by atoms with Gasteiger partial charge in [-0.1, -0.05) is 109 Å². The van der Waals surface area contributed by atoms with Crippen LogP contribution in [0.25, 0.3) is 0 Å². The van der Waals surface area contributed by atoms with E-state index in [4.69, 9.17) is 8.85 Å². The summed E-state index contributed by atoms with van der Waals surface area (Å²) >= 11 is 0. The topological polar surface area (TPSA) is 18.5 Å². The molecule has 2 nitrogen and oxygen atoms in total. The molecule has 0 unspecified atom stereocenters. The molecule has 0 radical (unpaired) electrons. The maximum Gasteiger partial charge on any atom is 0.320 e. The first-order valence-corrected chi connectivity index (χ1v) is 13.3. The van der Waals surface area contributed by atoms with Crippen LogP contribution < -0.4 is 0 Å². The summed E-state index contributed by atoms with van der Waals surface area (Å²) in [5.74, 6) is 0. The second-order valence-electron chi connectivity index (χ2n) is 7.78. The van der Waals surface area contributed by atoms with Gasteiger partial charge in [0.1, 0.15) is 0 Å². The lowest BCUT2D eigenvalue weighted by Gasteiger charge is -2.10. The average Bonchev–Trinajstić information content (AvgIpc) is 2.66. The van der Waals surface area contributed by atoms with Gasteiger partial charge in [0.15, 0.2) is 0 Å². The van der Waals surface area contributed by atoms with Crippen molar-refractivity contribution in [3.05, 3.63) is 12.7 Å². The van der Waals surface area contributed by atoms with E-state index in [1.54, 1.807) is 14.2 Å². The molecule has 0 aliphatic heterocycles. The van der Waals surface area contributed by atoms with Gasteiger partial charge in [0.2, 0.25) is 0 Å². The van der Waals surface area contributed by atoms with Crippen LogP contribution in [0.15, 0.2) is 12.7 Å². The van der Waals surface area contributed by atoms with Crippen LogP contribution in [0.3, 0.4) is 0 Å². The largest absolute Gasteiger partial charge is 0.400 e. The van der Waals surface area contributed by atoms with Gasteiger partial charge >= 0.3 is 9.28 Å². The lowest BCUT2D eigenvalue weighted by Crippen LogP contribution is -2.18. The van der Waals surface area contributed by atoms with Crippen molar-refractivity contribution < 1.29 is 8.85 Å². The van der Waals surface area contributed by atoms with Crippen molar-refractivity contribution in [2.45, 2.75) is 122 Å². The number of hydrogen-bond donors (Lipinski definition) is 0. The molecule has 0 N–H and O–H groups in total. The normalized spacial score (nSPS) is 11.3. The molecule has 0 amide bonds. The van der Waals surface area contributed by atoms with Gasteiger partial charge in [-0.25, -0.2) is 0 Å². The van der Waals surface area contributed by atoms with Gasteiger partial charge in [0, 0.05) is 14.2 Å². The first-order chi connectivity index (χ1) is 12.8. The van der Waals surface area contributed by atoms with Crippen molar-refractivity contribution >= 4 is 9.28 Å². The minimum Gasteiger partial charge on any atom is -0.400 e. The molecule has 0 saturated heterocycles. The number of hydrogen-bond acceptors (Lipinski definition) is 2. The number of unbranched alkanes of at least 4 members (excludes halogenated alkanes) is 17. The molecule has 0 spiro atoms. The van der Waals surface area contributed by atoms with Crippen LogP contribution in [0, 0.1) is 0 Å². The molecule has 0 aromatic rings. The molecule has 156 valence electrons. The first kappa shape index (κ1) is 25.9. The average molecular weight is 385 g/mol. The minimum absolute atomic E-state index is 1.17. The third kappa shape index (κ3) is 20.2. The van der Waals surface area contributed by atoms with E-state index in [-0.39, 0.29) is 0 Å². The molecule has 0 atom stereocenters. The van der Waals surface area contributed by atoms with Crippen LogP contribution in [-0.2, 0) is 8.85 Å². The second-order valence-corrected chi connectivity index (χ2v) is 10.2. The molecular weight excluding hydrogens is 336 g/mol. The summed E-state index contributed by atoms with van der Waals surface area (Å²) in [5.41, 5.74) is 0. The smallest absolute Gasteiger partial charge is 0.320 e. The maximum absolute atomic E-state index is 5.35. The Labute approximate surface area is 167 Å². The summed E-state index contributed by atoms with van der Waals surface area (Å²) in [7, 11) is 2.28. The summed E-state index contributed by atoms with van der Waals surface area (Å²) in [6.07, 6.45) is 27.4. The van der Waals surface area contributed by atoms with Gasteiger partial charge in [-0.15, -0.1) is 6.58 Å². The Kier molecular flexibility index (Phi) is 22.8. The van der Waals surface area contributed by atoms with Crippen LogP contribution in [0.2, 0.25) is 6.04 Å². The molecule has 3 heteroatoms. The highest BCUT2D eigenvalue weighted by atomic mass is 28.3. The van der Waals surface area contributed by atoms with E-state index in [2.05, 4.69) is 6.58 Å². The Balaban J connectivity index is 3.04. The molecule has 0 aromatic heterocycles. The van der Waals surface area contributed by atoms with Gasteiger partial charge < -0.3 is 8.85 Å². The molecule has 26 heavy (non-hydrogen) atoms. The van der Waals surface area contributed by atoms with Crippen molar-refractivity contribution in [3.8, 4) is 0 Å². The minimum atomic E-state index is -1.29. The quantitative estimate of drug-likeness (QED) is 0.108. The number of allylic oxidation sites excluding steroid dienone is 1. The Bertz CT molecular complexity index is 267. The van der Waals surface area contributed by atoms with E-state index in [1.807, 2.05) is 6.08 Å². The molecular formula is C23H48O2Si. The van der Waals surface area contributed by atoms with E-state index in [9.17, 15) is 0 Å². The summed E-state index contributed by atoms with van der Waals surface area (Å²) in [5, 5.41) is 0. The predicted octanol–water partition coefficient (Wildman–Crippen LogP) is 7.71. The molecule has 0 aromatic carbocycles. The highest BCUT2D eigenvalue weighted by molar-refractivity contribution is 6.44. The zero-order valence-electron chi connectivity index (χ0n) is 18.1. The Hall–Kier alpha value is -0.123. The molecule has 0 saturated carbocycles. The Morgan fingerprint density at radius 3 is 1.15 bits per heavy atom. The SMILES string of the molecule is C=CCCCCCCCCCCCCCCCCCCC[SiH](OC)OC. The summed E-state index contributed by atoms with van der Waals surface area (Å²) in [6.45, 7) is 3.78. The lowest BCUT2D eigenvalue weighted by atomic mass is 10.0. The van der Waals surface area contributed by atoms with Crippen LogP contribution in [-0.4, -0.2) is 23.5 Å². The van der Waals surface area contributed by atoms with Crippen LogP contribution >= 0.6 is 0 Å². The van der Waals surface area contributed by atoms with Crippen molar-refractivity contribution in [3.63, 3.8) is 0 Å². The van der Waals surface area contributed by atoms with Crippen molar-refractivity contribution in [2.24, 2.45) is 0 Å². The van der Waals surface area contributed by atoms with Gasteiger partial charge in [-0.05, 0) is 18.9 Å². The van der Waals surface area contributed by atoms with E-state index in [0.717, 1.165) is 0 Å². The zero-order chi connectivity index (χ0) is 19.1. The number of rotatable bonds is 22. The fraction of sp³-hybridized carbons (Fsp3) is 0.913. The van der Waals surface area contributed by atoms with Gasteiger partial charge in [0.25, 0.3) is 0 Å². The van der Waals surface area contributed by atoms with Crippen molar-refractivity contribution in [1.82, 2.24) is 0 Å². The van der Waals surface area contributed by atoms with Crippen LogP contribution in [0.5, 0.6) is 0 Å². The van der Waals surface area contributed by atoms with E-state index in [1.165, 1.54) is 122 Å². The predicted molar refractivity (Wildman–Crippen MR) is 119 cm³/mol. The first-order valence-electron chi connectivity index (χ1n) is 11.5. The third-order valence-corrected chi connectivity index (χ3v) is 7.31. The fourth-order valence-corrected chi connectivity index (χ4v) is 4.87. The fourth-order valence-electron chi connectivity index (χ4n) is 3.58. The van der Waals surface area contributed by atoms with Crippen LogP contribution in [0.1, 0.15) is 116 Å². The monoisotopic (exact) mass is 384 g/mol. The molecule has 0 aliphatic carbocycles. The van der Waals surface area contributed by atoms with E-state index < -0.39 is 9.28 Å². The molecule has 0 bridgehead atoms. The van der Waals surface area contributed by atoms with Gasteiger partial charge in [0.05, 0.1) is 0 Å². The van der Waals surface area contributed by atoms with Gasteiger partial charge in [-0.2, -0.15) is 0 Å². The summed E-state index contributed by atoms with van der Waals surface area (Å²) < 4.78 is 10.7. The standard InChI is InChI=1S/C23H48O2Si/c1-4-5-6-7-8-9-10-11-12-13-14-15-16-17-18-19-20-21-22-23-26(24-2)25-3/h4,26H,1,5-23H2,2-3H3. The van der Waals surface area contributed by atoms with E-state index >= 15 is 0 Å². The highest BCUT2D eigenvalue weighted by Crippen LogP contribution is 2.15. The zero-order valence-corrected chi connectivity index (χ0v) is 19.3. The molecule has 0 aliphatic rings. The van der Waals surface area contributed by atoms with Crippen molar-refractivity contribution in [2.75, 3.05) is 14.2 Å². The maximum atomic E-state index is 5.35. The summed E-state index contributed by atoms with van der Waals surface area (Å²) in [4.78, 5) is 0. The van der Waals surface area contributed by atoms with Crippen LogP contribution in [0.4, 0.5) is 0 Å². The lowest BCUT2D eigenvalue weighted by molar-refractivity contribution is 0.276. The second kappa shape index (κ2) is 22.9. The molecule has 0 fully saturated rings. The Morgan fingerprint density at radius 1 is 0.538 bits per heavy atom. The molecule has 0 heterocycles.